The number of hydrogen-bond acceptors (Lipinski definition) is 4. The Balaban J connectivity index is 1.82. The number of carbonyl (C=O) groups excluding carboxylic acids is 4. The minimum atomic E-state index is -2.02. The smallest absolute Gasteiger partial charge is 0.249 e. The fourth-order valence-corrected chi connectivity index (χ4v) is 7.18. The van der Waals surface area contributed by atoms with E-state index in [1.54, 1.807) is 0 Å². The first kappa shape index (κ1) is 19.1. The summed E-state index contributed by atoms with van der Waals surface area (Å²) in [5, 5.41) is 1.70. The number of likely N-dealkylation sites (tertiary alicyclic amines) is 1. The van der Waals surface area contributed by atoms with Gasteiger partial charge in [-0.2, -0.15) is 0 Å². The van der Waals surface area contributed by atoms with Crippen LogP contribution in [0.4, 0.5) is 0 Å². The van der Waals surface area contributed by atoms with E-state index in [2.05, 4.69) is 5.32 Å². The summed E-state index contributed by atoms with van der Waals surface area (Å²) in [4.78, 5) is 46.5. The number of piperidine rings is 1. The van der Waals surface area contributed by atoms with Gasteiger partial charge in [-0.15, -0.1) is 23.2 Å². The highest BCUT2D eigenvalue weighted by molar-refractivity contribution is 6.66. The quantitative estimate of drug-likeness (QED) is 0.461. The van der Waals surface area contributed by atoms with Gasteiger partial charge >= 0.3 is 0 Å². The monoisotopic (exact) mass is 478 g/mol. The van der Waals surface area contributed by atoms with Crippen LogP contribution in [0.2, 0.25) is 0 Å². The Bertz CT molecular complexity index is 797. The Hall–Kier alpha value is -0.240. The number of nitrogens with zero attached hydrogens (tertiary/aromatic N) is 1. The lowest BCUT2D eigenvalue weighted by atomic mass is 9.84. The van der Waals surface area contributed by atoms with Gasteiger partial charge in [0, 0.05) is 6.42 Å². The molecule has 5 atom stereocenters. The fraction of sp³-hybridized carbons (Fsp3) is 0.571. The molecule has 2 bridgehead atoms. The molecular weight excluding hydrogens is 473 g/mol. The molecule has 4 amide bonds. The minimum Gasteiger partial charge on any atom is -0.295 e. The highest BCUT2D eigenvalue weighted by Crippen LogP contribution is 2.77. The van der Waals surface area contributed by atoms with E-state index in [4.69, 9.17) is 69.6 Å². The number of alkyl halides is 4. The van der Waals surface area contributed by atoms with Crippen molar-refractivity contribution in [3.63, 3.8) is 0 Å². The SMILES string of the molecule is O=C1CCC(N2C(=O)C3C(C2=O)C2(Cl)C(Cl)=C(Cl)C3(Cl)C2(Cl)Cl)C(=O)N1. The Morgan fingerprint density at radius 2 is 1.35 bits per heavy atom. The molecular formula is C14H8Cl6N2O4. The highest BCUT2D eigenvalue weighted by atomic mass is 35.5. The van der Waals surface area contributed by atoms with Gasteiger partial charge in [0.1, 0.15) is 15.8 Å². The number of allylic oxidation sites excluding steroid dienone is 2. The van der Waals surface area contributed by atoms with Crippen LogP contribution in [-0.4, -0.2) is 48.7 Å². The van der Waals surface area contributed by atoms with Crippen LogP contribution in [0.1, 0.15) is 12.8 Å². The average molecular weight is 481 g/mol. The summed E-state index contributed by atoms with van der Waals surface area (Å²) in [6.45, 7) is 0. The molecule has 1 N–H and O–H groups in total. The molecule has 0 aromatic heterocycles. The lowest BCUT2D eigenvalue weighted by molar-refractivity contribution is -0.152. The maximum atomic E-state index is 13.1. The molecule has 1 saturated carbocycles. The lowest BCUT2D eigenvalue weighted by Crippen LogP contribution is -2.57. The van der Waals surface area contributed by atoms with Crippen molar-refractivity contribution < 1.29 is 19.2 Å². The zero-order valence-electron chi connectivity index (χ0n) is 12.5. The lowest BCUT2D eigenvalue weighted by Gasteiger charge is -2.36. The molecule has 6 nitrogen and oxygen atoms in total. The molecule has 0 aromatic carbocycles. The highest BCUT2D eigenvalue weighted by Gasteiger charge is 2.87. The molecule has 0 aromatic rings. The van der Waals surface area contributed by atoms with E-state index in [0.29, 0.717) is 0 Å². The van der Waals surface area contributed by atoms with Gasteiger partial charge in [0.15, 0.2) is 4.33 Å². The molecule has 2 heterocycles. The van der Waals surface area contributed by atoms with Gasteiger partial charge in [-0.05, 0) is 6.42 Å². The zero-order chi connectivity index (χ0) is 19.4. The molecule has 5 unspecified atom stereocenters. The number of halogens is 6. The maximum Gasteiger partial charge on any atom is 0.249 e. The molecule has 3 fully saturated rings. The summed E-state index contributed by atoms with van der Waals surface area (Å²) >= 11 is 38.2. The molecule has 140 valence electrons. The van der Waals surface area contributed by atoms with Crippen molar-refractivity contribution in [1.29, 1.82) is 0 Å². The Labute approximate surface area is 177 Å². The largest absolute Gasteiger partial charge is 0.295 e. The predicted octanol–water partition coefficient (Wildman–Crippen LogP) is 2.24. The van der Waals surface area contributed by atoms with Gasteiger partial charge in [-0.3, -0.25) is 29.4 Å². The number of imide groups is 2. The van der Waals surface area contributed by atoms with Crippen LogP contribution in [0, 0.1) is 11.8 Å². The number of nitrogens with one attached hydrogen (secondary N) is 1. The van der Waals surface area contributed by atoms with Crippen LogP contribution in [-0.2, 0) is 19.2 Å². The summed E-state index contributed by atoms with van der Waals surface area (Å²) in [7, 11) is 0. The van der Waals surface area contributed by atoms with Crippen molar-refractivity contribution in [2.24, 2.45) is 11.8 Å². The van der Waals surface area contributed by atoms with E-state index in [1.165, 1.54) is 0 Å². The van der Waals surface area contributed by atoms with Crippen molar-refractivity contribution >= 4 is 93.2 Å². The molecule has 4 aliphatic rings. The second-order valence-electron chi connectivity index (χ2n) is 6.59. The summed E-state index contributed by atoms with van der Waals surface area (Å²) in [5.41, 5.74) is 0. The molecule has 2 aliphatic carbocycles. The fourth-order valence-electron chi connectivity index (χ4n) is 4.25. The summed E-state index contributed by atoms with van der Waals surface area (Å²) in [6, 6.07) is -1.16. The average Bonchev–Trinajstić information content (AvgIpc) is 2.93. The molecule has 4 rings (SSSR count). The third kappa shape index (κ3) is 1.80. The van der Waals surface area contributed by atoms with Crippen LogP contribution >= 0.6 is 69.6 Å². The second kappa shape index (κ2) is 5.43. The Morgan fingerprint density at radius 3 is 1.77 bits per heavy atom. The topological polar surface area (TPSA) is 83.6 Å². The van der Waals surface area contributed by atoms with Gasteiger partial charge in [0.25, 0.3) is 0 Å². The molecule has 2 aliphatic heterocycles. The molecule has 0 radical (unpaired) electrons. The minimum absolute atomic E-state index is 0.00601. The number of fused-ring (bicyclic) bond motifs is 5. The van der Waals surface area contributed by atoms with Gasteiger partial charge in [0.05, 0.1) is 21.9 Å². The first-order valence-corrected chi connectivity index (χ1v) is 9.71. The summed E-state index contributed by atoms with van der Waals surface area (Å²) < 4.78 is -2.02. The van der Waals surface area contributed by atoms with Crippen LogP contribution in [0.25, 0.3) is 0 Å². The maximum absolute atomic E-state index is 13.1. The van der Waals surface area contributed by atoms with E-state index in [0.717, 1.165) is 4.90 Å². The first-order valence-electron chi connectivity index (χ1n) is 7.44. The first-order chi connectivity index (χ1) is 11.9. The van der Waals surface area contributed by atoms with Gasteiger partial charge in [-0.1, -0.05) is 46.4 Å². The number of hydrogen-bond donors (Lipinski definition) is 1. The summed E-state index contributed by atoms with van der Waals surface area (Å²) in [5.74, 6) is -5.37. The van der Waals surface area contributed by atoms with E-state index in [-0.39, 0.29) is 22.9 Å². The molecule has 2 saturated heterocycles. The number of rotatable bonds is 1. The molecule has 26 heavy (non-hydrogen) atoms. The van der Waals surface area contributed by atoms with E-state index >= 15 is 0 Å². The second-order valence-corrected chi connectivity index (χ2v) is 9.87. The van der Waals surface area contributed by atoms with Crippen molar-refractivity contribution in [3.05, 3.63) is 10.1 Å². The van der Waals surface area contributed by atoms with Crippen molar-refractivity contribution in [2.75, 3.05) is 0 Å². The number of carbonyl (C=O) groups is 4. The van der Waals surface area contributed by atoms with Crippen LogP contribution in [0.5, 0.6) is 0 Å². The van der Waals surface area contributed by atoms with E-state index in [1.807, 2.05) is 0 Å². The van der Waals surface area contributed by atoms with Crippen LogP contribution in [0.3, 0.4) is 0 Å². The van der Waals surface area contributed by atoms with Crippen LogP contribution < -0.4 is 5.32 Å². The van der Waals surface area contributed by atoms with Crippen molar-refractivity contribution in [1.82, 2.24) is 10.2 Å². The third-order valence-electron chi connectivity index (χ3n) is 5.46. The van der Waals surface area contributed by atoms with Crippen molar-refractivity contribution in [3.8, 4) is 0 Å². The molecule has 0 spiro atoms. The normalized spacial score (nSPS) is 44.1. The van der Waals surface area contributed by atoms with Gasteiger partial charge in [0.2, 0.25) is 23.6 Å². The Kier molecular flexibility index (Phi) is 3.98. The van der Waals surface area contributed by atoms with E-state index in [9.17, 15) is 19.2 Å². The summed E-state index contributed by atoms with van der Waals surface area (Å²) in [6.07, 6.45) is -0.0243. The number of amides is 4. The zero-order valence-corrected chi connectivity index (χ0v) is 17.0. The standard InChI is InChI=1S/C14H8Cl6N2O4/c15-7-8(16)13(18)6-5(12(7,17)14(13,19)20)10(25)22(11(6)26)3-1-2-4(23)21-9(3)24/h3,5-6H,1-2H2,(H,21,23,24). The predicted molar refractivity (Wildman–Crippen MR) is 95.3 cm³/mol. The molecule has 12 heteroatoms. The Morgan fingerprint density at radius 1 is 0.885 bits per heavy atom. The third-order valence-corrected chi connectivity index (χ3v) is 9.72. The van der Waals surface area contributed by atoms with Crippen LogP contribution in [0.15, 0.2) is 10.1 Å². The van der Waals surface area contributed by atoms with E-state index < -0.39 is 55.6 Å². The van der Waals surface area contributed by atoms with Gasteiger partial charge < -0.3 is 0 Å². The van der Waals surface area contributed by atoms with Crippen molar-refractivity contribution in [2.45, 2.75) is 33.0 Å². The van der Waals surface area contributed by atoms with Gasteiger partial charge in [-0.25, -0.2) is 0 Å².